The van der Waals surface area contributed by atoms with Gasteiger partial charge in [-0.15, -0.1) is 10.2 Å². The van der Waals surface area contributed by atoms with Crippen LogP contribution in [0.15, 0.2) is 76.6 Å². The number of aryl methyl sites for hydroxylation is 1. The summed E-state index contributed by atoms with van der Waals surface area (Å²) in [5.74, 6) is -0.303. The number of unbranched alkanes of at least 4 members (excludes halogenated alkanes) is 1. The highest BCUT2D eigenvalue weighted by molar-refractivity contribution is 8.00. The fourth-order valence-electron chi connectivity index (χ4n) is 4.60. The van der Waals surface area contributed by atoms with E-state index >= 15 is 0 Å². The number of amides is 1. The second-order valence-corrected chi connectivity index (χ2v) is 12.5. The molecule has 1 aliphatic rings. The van der Waals surface area contributed by atoms with Crippen LogP contribution in [0.2, 0.25) is 5.02 Å². The number of hydrogen-bond donors (Lipinski definition) is 1. The number of aromatic nitrogens is 2. The van der Waals surface area contributed by atoms with Gasteiger partial charge in [0, 0.05) is 16.3 Å². The number of ether oxygens (including phenoxy) is 2. The van der Waals surface area contributed by atoms with Gasteiger partial charge < -0.3 is 14.6 Å². The number of halogens is 1. The van der Waals surface area contributed by atoms with E-state index in [9.17, 15) is 14.7 Å². The first-order valence-electron chi connectivity index (χ1n) is 13.7. The summed E-state index contributed by atoms with van der Waals surface area (Å²) < 4.78 is 12.2. The zero-order chi connectivity index (χ0) is 30.5. The minimum absolute atomic E-state index is 0.0712. The Balaban J connectivity index is 1.55. The number of ketones is 1. The third kappa shape index (κ3) is 6.71. The van der Waals surface area contributed by atoms with Crippen molar-refractivity contribution in [3.63, 3.8) is 0 Å². The van der Waals surface area contributed by atoms with Crippen molar-refractivity contribution in [3.8, 4) is 11.5 Å². The molecule has 1 fully saturated rings. The monoisotopic (exact) mass is 635 g/mol. The molecule has 0 spiro atoms. The highest BCUT2D eigenvalue weighted by atomic mass is 35.5. The lowest BCUT2D eigenvalue weighted by Gasteiger charge is -2.23. The molecule has 1 atom stereocenters. The van der Waals surface area contributed by atoms with Crippen LogP contribution in [0, 0.1) is 6.92 Å². The predicted octanol–water partition coefficient (Wildman–Crippen LogP) is 7.61. The van der Waals surface area contributed by atoms with Crippen LogP contribution in [0.1, 0.15) is 48.1 Å². The molecule has 0 bridgehead atoms. The number of hydrogen-bond acceptors (Lipinski definition) is 9. The van der Waals surface area contributed by atoms with Gasteiger partial charge in [-0.2, -0.15) is 0 Å². The lowest BCUT2D eigenvalue weighted by atomic mass is 9.95. The summed E-state index contributed by atoms with van der Waals surface area (Å²) in [6.07, 6.45) is 1.86. The van der Waals surface area contributed by atoms with Crippen molar-refractivity contribution in [2.24, 2.45) is 0 Å². The summed E-state index contributed by atoms with van der Waals surface area (Å²) in [7, 11) is 1.53. The van der Waals surface area contributed by atoms with E-state index in [0.717, 1.165) is 18.4 Å². The van der Waals surface area contributed by atoms with Crippen molar-refractivity contribution in [2.75, 3.05) is 18.6 Å². The molecule has 5 rings (SSSR count). The normalized spacial score (nSPS) is 16.1. The van der Waals surface area contributed by atoms with Gasteiger partial charge in [-0.25, -0.2) is 0 Å². The highest BCUT2D eigenvalue weighted by Gasteiger charge is 2.48. The third-order valence-electron chi connectivity index (χ3n) is 6.91. The first kappa shape index (κ1) is 30.6. The average molecular weight is 636 g/mol. The second kappa shape index (κ2) is 13.6. The molecule has 2 heterocycles. The number of anilines is 1. The van der Waals surface area contributed by atoms with Gasteiger partial charge in [0.1, 0.15) is 5.76 Å². The Morgan fingerprint density at radius 1 is 1.05 bits per heavy atom. The summed E-state index contributed by atoms with van der Waals surface area (Å²) in [6, 6.07) is 18.9. The van der Waals surface area contributed by atoms with E-state index in [2.05, 4.69) is 41.4 Å². The van der Waals surface area contributed by atoms with E-state index in [1.165, 1.54) is 40.7 Å². The number of carbonyl (C=O) groups excluding carboxylic acids is 2. The molecule has 8 nitrogen and oxygen atoms in total. The highest BCUT2D eigenvalue weighted by Crippen LogP contribution is 2.45. The molecule has 3 aromatic carbocycles. The Labute approximate surface area is 263 Å². The number of methoxy groups -OCH3 is 1. The minimum atomic E-state index is -0.989. The summed E-state index contributed by atoms with van der Waals surface area (Å²) >= 11 is 8.76. The fraction of sp³-hybridized carbons (Fsp3) is 0.250. The number of rotatable bonds is 11. The molecular weight excluding hydrogens is 606 g/mol. The molecule has 43 heavy (non-hydrogen) atoms. The Bertz CT molecular complexity index is 1650. The lowest BCUT2D eigenvalue weighted by Crippen LogP contribution is -2.29. The smallest absolute Gasteiger partial charge is 0.301 e. The molecular formula is C32H30ClN3O5S2. The maximum atomic E-state index is 13.6. The maximum Gasteiger partial charge on any atom is 0.301 e. The SMILES string of the molecule is CCCCOc1ccc(C2/C(=C(/O)c3ccc(Cl)cc3)C(=O)C(=O)N2c2nnc(SCc3ccc(C)cc3)s2)cc1OC. The Kier molecular flexibility index (Phi) is 9.69. The standard InChI is InChI=1S/C32H30ClN3O5S2/c1-4-5-16-41-24-15-12-22(17-25(24)40-3)27-26(28(37)21-10-13-23(33)14-11-21)29(38)30(39)36(27)31-34-35-32(43-31)42-18-20-8-6-19(2)7-9-20/h6-15,17,27,37H,4-5,16,18H2,1-3H3/b28-26-. The number of aliphatic hydroxyl groups excluding tert-OH is 1. The van der Waals surface area contributed by atoms with Gasteiger partial charge in [0.15, 0.2) is 15.8 Å². The number of benzene rings is 3. The molecule has 11 heteroatoms. The topological polar surface area (TPSA) is 102 Å². The molecule has 1 unspecified atom stereocenters. The second-order valence-electron chi connectivity index (χ2n) is 9.91. The van der Waals surface area contributed by atoms with Crippen LogP contribution in [0.5, 0.6) is 11.5 Å². The van der Waals surface area contributed by atoms with Crippen LogP contribution in [-0.2, 0) is 15.3 Å². The Morgan fingerprint density at radius 3 is 2.49 bits per heavy atom. The van der Waals surface area contributed by atoms with E-state index in [4.69, 9.17) is 21.1 Å². The van der Waals surface area contributed by atoms with Crippen LogP contribution in [0.25, 0.3) is 5.76 Å². The van der Waals surface area contributed by atoms with Crippen molar-refractivity contribution in [3.05, 3.63) is 99.6 Å². The zero-order valence-corrected chi connectivity index (χ0v) is 26.3. The first-order chi connectivity index (χ1) is 20.8. The molecule has 0 aliphatic carbocycles. The Morgan fingerprint density at radius 2 is 1.79 bits per heavy atom. The lowest BCUT2D eigenvalue weighted by molar-refractivity contribution is -0.132. The maximum absolute atomic E-state index is 13.6. The molecule has 1 amide bonds. The van der Waals surface area contributed by atoms with Crippen LogP contribution >= 0.6 is 34.7 Å². The van der Waals surface area contributed by atoms with Crippen molar-refractivity contribution in [2.45, 2.75) is 42.8 Å². The molecule has 0 radical (unpaired) electrons. The van der Waals surface area contributed by atoms with Gasteiger partial charge in [-0.05, 0) is 60.9 Å². The first-order valence-corrected chi connectivity index (χ1v) is 15.9. The van der Waals surface area contributed by atoms with E-state index in [0.29, 0.717) is 44.3 Å². The van der Waals surface area contributed by atoms with Crippen LogP contribution in [-0.4, -0.2) is 40.7 Å². The van der Waals surface area contributed by atoms with Crippen molar-refractivity contribution < 1.29 is 24.2 Å². The summed E-state index contributed by atoms with van der Waals surface area (Å²) in [5.41, 5.74) is 3.13. The molecule has 1 aromatic heterocycles. The largest absolute Gasteiger partial charge is 0.507 e. The van der Waals surface area contributed by atoms with Crippen LogP contribution < -0.4 is 14.4 Å². The molecule has 1 N–H and O–H groups in total. The number of Topliss-reactive ketones (excluding diaryl/α,β-unsaturated/α-hetero) is 1. The molecule has 1 saturated heterocycles. The summed E-state index contributed by atoms with van der Waals surface area (Å²) in [5, 5.41) is 20.7. The van der Waals surface area contributed by atoms with Gasteiger partial charge in [0.2, 0.25) is 5.13 Å². The third-order valence-corrected chi connectivity index (χ3v) is 9.28. The van der Waals surface area contributed by atoms with E-state index < -0.39 is 17.7 Å². The number of nitrogens with zero attached hydrogens (tertiary/aromatic N) is 3. The van der Waals surface area contributed by atoms with Gasteiger partial charge in [0.05, 0.1) is 25.3 Å². The minimum Gasteiger partial charge on any atom is -0.507 e. The van der Waals surface area contributed by atoms with E-state index in [1.54, 1.807) is 42.5 Å². The van der Waals surface area contributed by atoms with Gasteiger partial charge in [-0.3, -0.25) is 14.5 Å². The summed E-state index contributed by atoms with van der Waals surface area (Å²) in [4.78, 5) is 28.4. The van der Waals surface area contributed by atoms with Crippen LogP contribution in [0.4, 0.5) is 5.13 Å². The van der Waals surface area contributed by atoms with Gasteiger partial charge in [-0.1, -0.05) is 83.9 Å². The van der Waals surface area contributed by atoms with Gasteiger partial charge >= 0.3 is 5.91 Å². The van der Waals surface area contributed by atoms with Gasteiger partial charge in [0.25, 0.3) is 5.78 Å². The number of carbonyl (C=O) groups is 2. The Hall–Kier alpha value is -3.86. The number of thioether (sulfide) groups is 1. The molecule has 0 saturated carbocycles. The number of aliphatic hydroxyl groups is 1. The van der Waals surface area contributed by atoms with Crippen molar-refractivity contribution >= 4 is 57.3 Å². The molecule has 4 aromatic rings. The molecule has 1 aliphatic heterocycles. The molecule has 222 valence electrons. The van der Waals surface area contributed by atoms with Crippen molar-refractivity contribution in [1.82, 2.24) is 10.2 Å². The zero-order valence-electron chi connectivity index (χ0n) is 23.9. The van der Waals surface area contributed by atoms with E-state index in [1.807, 2.05) is 6.92 Å². The van der Waals surface area contributed by atoms with Crippen molar-refractivity contribution in [1.29, 1.82) is 0 Å². The quantitative estimate of drug-likeness (QED) is 0.0449. The van der Waals surface area contributed by atoms with Crippen LogP contribution in [0.3, 0.4) is 0 Å². The van der Waals surface area contributed by atoms with E-state index in [-0.39, 0.29) is 16.5 Å². The summed E-state index contributed by atoms with van der Waals surface area (Å²) in [6.45, 7) is 4.64. The fourth-order valence-corrected chi connectivity index (χ4v) is 6.55. The predicted molar refractivity (Wildman–Crippen MR) is 170 cm³/mol. The average Bonchev–Trinajstić information content (AvgIpc) is 3.59.